The average molecular weight is 335 g/mol. The zero-order valence-electron chi connectivity index (χ0n) is 17.6. The normalized spacial score (nSPS) is 11.2. The predicted molar refractivity (Wildman–Crippen MR) is 115 cm³/mol. The molecular weight excluding hydrogens is 288 g/mol. The van der Waals surface area contributed by atoms with Crippen LogP contribution in [0.5, 0.6) is 0 Å². The highest BCUT2D eigenvalue weighted by molar-refractivity contribution is 5.15. The first-order valence-electron chi connectivity index (χ1n) is 10.5. The Hall–Kier alpha value is -0.780. The van der Waals surface area contributed by atoms with Gasteiger partial charge in [0.1, 0.15) is 0 Å². The molecule has 0 rings (SSSR count). The minimum Gasteiger partial charge on any atom is -0.0991 e. The topological polar surface area (TPSA) is 0 Å². The lowest BCUT2D eigenvalue weighted by Crippen LogP contribution is -2.21. The van der Waals surface area contributed by atoms with E-state index in [4.69, 9.17) is 0 Å². The second kappa shape index (κ2) is 18.6. The Balaban J connectivity index is 0. The van der Waals surface area contributed by atoms with E-state index in [1.165, 1.54) is 77.0 Å². The molecule has 0 spiro atoms. The van der Waals surface area contributed by atoms with Crippen molar-refractivity contribution >= 4 is 0 Å². The van der Waals surface area contributed by atoms with Gasteiger partial charge in [0.2, 0.25) is 0 Å². The van der Waals surface area contributed by atoms with Gasteiger partial charge in [0.05, 0.1) is 0 Å². The van der Waals surface area contributed by atoms with E-state index in [9.17, 15) is 0 Å². The molecule has 0 saturated carbocycles. The molecule has 0 aromatic carbocycles. The van der Waals surface area contributed by atoms with Gasteiger partial charge in [-0.15, -0.1) is 0 Å². The Kier molecular flexibility index (Phi) is 19.7. The number of hydrogen-bond donors (Lipinski definition) is 0. The van der Waals surface area contributed by atoms with Gasteiger partial charge in [0, 0.05) is 0 Å². The maximum atomic E-state index is 3.66. The van der Waals surface area contributed by atoms with Crippen LogP contribution < -0.4 is 0 Å². The molecule has 0 heterocycles. The summed E-state index contributed by atoms with van der Waals surface area (Å²) in [6.07, 6.45) is 22.7. The van der Waals surface area contributed by atoms with Crippen LogP contribution in [0.25, 0.3) is 0 Å². The van der Waals surface area contributed by atoms with Gasteiger partial charge in [-0.3, -0.25) is 0 Å². The van der Waals surface area contributed by atoms with Crippen molar-refractivity contribution < 1.29 is 0 Å². The fraction of sp³-hybridized carbons (Fsp3) is 0.750. The van der Waals surface area contributed by atoms with E-state index in [0.29, 0.717) is 5.41 Å². The van der Waals surface area contributed by atoms with Gasteiger partial charge < -0.3 is 0 Å². The van der Waals surface area contributed by atoms with Crippen LogP contribution in [0.3, 0.4) is 0 Å². The molecule has 0 nitrogen and oxygen atoms in total. The van der Waals surface area contributed by atoms with Gasteiger partial charge in [-0.2, -0.15) is 0 Å². The molecule has 0 fully saturated rings. The highest BCUT2D eigenvalue weighted by atomic mass is 14.3. The molecule has 0 radical (unpaired) electrons. The van der Waals surface area contributed by atoms with Crippen LogP contribution in [0, 0.1) is 5.41 Å². The summed E-state index contributed by atoms with van der Waals surface area (Å²) in [5.41, 5.74) is 1.76. The van der Waals surface area contributed by atoms with E-state index in [1.807, 2.05) is 19.1 Å². The Morgan fingerprint density at radius 3 is 1.25 bits per heavy atom. The number of unbranched alkanes of at least 4 members (excludes halogenated alkanes) is 4. The largest absolute Gasteiger partial charge is 0.0991 e. The summed E-state index contributed by atoms with van der Waals surface area (Å²) in [6.45, 7) is 18.5. The van der Waals surface area contributed by atoms with Gasteiger partial charge in [0.15, 0.2) is 0 Å². The summed E-state index contributed by atoms with van der Waals surface area (Å²) in [5.74, 6) is 0. The van der Waals surface area contributed by atoms with Gasteiger partial charge in [0.25, 0.3) is 0 Å². The van der Waals surface area contributed by atoms with Crippen molar-refractivity contribution in [1.82, 2.24) is 0 Å². The summed E-state index contributed by atoms with van der Waals surface area (Å²) >= 11 is 0. The quantitative estimate of drug-likeness (QED) is 0.278. The molecule has 0 saturated heterocycles. The molecule has 0 bridgehead atoms. The lowest BCUT2D eigenvalue weighted by molar-refractivity contribution is 0.177. The Morgan fingerprint density at radius 2 is 1.08 bits per heavy atom. The minimum atomic E-state index is 0.706. The van der Waals surface area contributed by atoms with Crippen molar-refractivity contribution in [2.45, 2.75) is 112 Å². The maximum absolute atomic E-state index is 3.66. The Bertz CT molecular complexity index is 270. The summed E-state index contributed by atoms with van der Waals surface area (Å²) < 4.78 is 0. The molecule has 0 aliphatic rings. The monoisotopic (exact) mass is 334 g/mol. The first-order valence-corrected chi connectivity index (χ1v) is 10.5. The van der Waals surface area contributed by atoms with Crippen LogP contribution in [0.1, 0.15) is 112 Å². The molecule has 0 aromatic rings. The summed E-state index contributed by atoms with van der Waals surface area (Å²) in [7, 11) is 0. The first-order chi connectivity index (χ1) is 11.5. The molecule has 0 atom stereocenters. The van der Waals surface area contributed by atoms with E-state index in [0.717, 1.165) is 5.57 Å². The molecule has 0 heteroatoms. The first kappa shape index (κ1) is 25.5. The Labute approximate surface area is 154 Å². The van der Waals surface area contributed by atoms with Crippen LogP contribution in [0.15, 0.2) is 37.0 Å². The van der Waals surface area contributed by atoms with E-state index >= 15 is 0 Å². The standard InChI is InChI=1S/C17H36.C7H10/c1-5-9-13-17(14-10-6-2,15-11-7-3)16-12-8-4;1-4-5-6-7(2)3/h5-16H2,1-4H3;4-6H,1-2H2,3H3/b;6-5-. The van der Waals surface area contributed by atoms with Crippen LogP contribution in [-0.2, 0) is 0 Å². The maximum Gasteiger partial charge on any atom is -0.0297 e. The zero-order chi connectivity index (χ0) is 18.7. The predicted octanol–water partition coefficient (Wildman–Crippen LogP) is 9.04. The van der Waals surface area contributed by atoms with E-state index in [2.05, 4.69) is 40.9 Å². The molecule has 142 valence electrons. The number of hydrogen-bond acceptors (Lipinski definition) is 0. The van der Waals surface area contributed by atoms with Gasteiger partial charge in [-0.25, -0.2) is 0 Å². The summed E-state index contributed by atoms with van der Waals surface area (Å²) in [6, 6.07) is 0. The molecule has 0 unspecified atom stereocenters. The molecule has 0 N–H and O–H groups in total. The van der Waals surface area contributed by atoms with Crippen LogP contribution in [0.2, 0.25) is 0 Å². The highest BCUT2D eigenvalue weighted by Crippen LogP contribution is 2.41. The smallest absolute Gasteiger partial charge is 0.0297 e. The van der Waals surface area contributed by atoms with E-state index in [-0.39, 0.29) is 0 Å². The van der Waals surface area contributed by atoms with Crippen LogP contribution >= 0.6 is 0 Å². The van der Waals surface area contributed by atoms with Crippen molar-refractivity contribution in [3.8, 4) is 0 Å². The average Bonchev–Trinajstić information content (AvgIpc) is 2.59. The molecule has 0 amide bonds. The van der Waals surface area contributed by atoms with Crippen molar-refractivity contribution in [2.75, 3.05) is 0 Å². The van der Waals surface area contributed by atoms with Crippen LogP contribution in [-0.4, -0.2) is 0 Å². The van der Waals surface area contributed by atoms with Crippen molar-refractivity contribution in [3.63, 3.8) is 0 Å². The summed E-state index contributed by atoms with van der Waals surface area (Å²) in [5, 5.41) is 0. The van der Waals surface area contributed by atoms with Gasteiger partial charge >= 0.3 is 0 Å². The van der Waals surface area contributed by atoms with E-state index in [1.54, 1.807) is 6.08 Å². The third kappa shape index (κ3) is 16.1. The lowest BCUT2D eigenvalue weighted by Gasteiger charge is -2.34. The molecule has 0 aromatic heterocycles. The van der Waals surface area contributed by atoms with Crippen molar-refractivity contribution in [2.24, 2.45) is 5.41 Å². The van der Waals surface area contributed by atoms with E-state index < -0.39 is 0 Å². The molecule has 0 aliphatic carbocycles. The second-order valence-corrected chi connectivity index (χ2v) is 7.36. The van der Waals surface area contributed by atoms with Crippen molar-refractivity contribution in [1.29, 1.82) is 0 Å². The molecular formula is C24H46. The van der Waals surface area contributed by atoms with Crippen molar-refractivity contribution in [3.05, 3.63) is 37.0 Å². The summed E-state index contributed by atoms with van der Waals surface area (Å²) in [4.78, 5) is 0. The third-order valence-electron chi connectivity index (χ3n) is 4.76. The number of allylic oxidation sites excluding steroid dienone is 4. The lowest BCUT2D eigenvalue weighted by atomic mass is 9.71. The number of rotatable bonds is 14. The second-order valence-electron chi connectivity index (χ2n) is 7.36. The third-order valence-corrected chi connectivity index (χ3v) is 4.76. The SMILES string of the molecule is C=C/C=C\C(=C)C.CCCCC(CCCC)(CCCC)CCCC. The molecule has 0 aliphatic heterocycles. The Morgan fingerprint density at radius 1 is 0.750 bits per heavy atom. The molecule has 24 heavy (non-hydrogen) atoms. The zero-order valence-corrected chi connectivity index (χ0v) is 17.6. The van der Waals surface area contributed by atoms with Crippen LogP contribution in [0.4, 0.5) is 0 Å². The fourth-order valence-electron chi connectivity index (χ4n) is 3.19. The van der Waals surface area contributed by atoms with Gasteiger partial charge in [-0.1, -0.05) is 116 Å². The highest BCUT2D eigenvalue weighted by Gasteiger charge is 2.27. The fourth-order valence-corrected chi connectivity index (χ4v) is 3.19. The van der Waals surface area contributed by atoms with Gasteiger partial charge in [-0.05, 0) is 38.0 Å². The minimum absolute atomic E-state index is 0.706.